The zero-order valence-electron chi connectivity index (χ0n) is 17.4. The number of hydrogen-bond donors (Lipinski definition) is 0. The highest BCUT2D eigenvalue weighted by atomic mass is 16.5. The van der Waals surface area contributed by atoms with Crippen molar-refractivity contribution in [1.29, 1.82) is 0 Å². The van der Waals surface area contributed by atoms with E-state index in [9.17, 15) is 9.59 Å². The van der Waals surface area contributed by atoms with E-state index in [-0.39, 0.29) is 24.7 Å². The maximum atomic E-state index is 13.0. The van der Waals surface area contributed by atoms with Gasteiger partial charge >= 0.3 is 0 Å². The lowest BCUT2D eigenvalue weighted by Crippen LogP contribution is -2.40. The van der Waals surface area contributed by atoms with Gasteiger partial charge in [0.1, 0.15) is 0 Å². The zero-order valence-corrected chi connectivity index (χ0v) is 17.4. The van der Waals surface area contributed by atoms with E-state index < -0.39 is 0 Å². The monoisotopic (exact) mass is 410 g/mol. The number of rotatable bonds is 5. The lowest BCUT2D eigenvalue weighted by molar-refractivity contribution is -0.122. The predicted octanol–water partition coefficient (Wildman–Crippen LogP) is 1.72. The Labute approximate surface area is 175 Å². The summed E-state index contributed by atoms with van der Waals surface area (Å²) in [7, 11) is 1.58. The SMILES string of the molecule is COc1nc(N2CCOCC2)nc(C)c1CCC(=O)N1CC(=O)Cc2ccccc21. The minimum absolute atomic E-state index is 0.0500. The second kappa shape index (κ2) is 8.79. The molecule has 158 valence electrons. The first-order chi connectivity index (χ1) is 14.6. The topological polar surface area (TPSA) is 84.9 Å². The molecule has 2 aliphatic heterocycles. The van der Waals surface area contributed by atoms with Crippen molar-refractivity contribution in [3.8, 4) is 5.88 Å². The van der Waals surface area contributed by atoms with Gasteiger partial charge in [-0.25, -0.2) is 4.98 Å². The molecule has 1 aromatic carbocycles. The molecule has 0 radical (unpaired) electrons. The summed E-state index contributed by atoms with van der Waals surface area (Å²) in [5, 5.41) is 0. The number of fused-ring (bicyclic) bond motifs is 1. The van der Waals surface area contributed by atoms with Crippen molar-refractivity contribution >= 4 is 23.3 Å². The number of aryl methyl sites for hydroxylation is 1. The van der Waals surface area contributed by atoms with Crippen LogP contribution in [0.15, 0.2) is 24.3 Å². The van der Waals surface area contributed by atoms with Crippen LogP contribution in [0.2, 0.25) is 0 Å². The van der Waals surface area contributed by atoms with E-state index in [0.29, 0.717) is 37.9 Å². The molecule has 2 aliphatic rings. The highest BCUT2D eigenvalue weighted by Crippen LogP contribution is 2.28. The number of carbonyl (C=O) groups is 2. The van der Waals surface area contributed by atoms with Crippen molar-refractivity contribution in [3.05, 3.63) is 41.1 Å². The van der Waals surface area contributed by atoms with E-state index in [1.54, 1.807) is 12.0 Å². The molecule has 0 atom stereocenters. The summed E-state index contributed by atoms with van der Waals surface area (Å²) in [5.74, 6) is 1.08. The van der Waals surface area contributed by atoms with E-state index in [4.69, 9.17) is 9.47 Å². The van der Waals surface area contributed by atoms with Crippen LogP contribution in [0.25, 0.3) is 0 Å². The summed E-state index contributed by atoms with van der Waals surface area (Å²) in [4.78, 5) is 38.0. The van der Waals surface area contributed by atoms with Crippen molar-refractivity contribution in [1.82, 2.24) is 9.97 Å². The number of ether oxygens (including phenoxy) is 2. The summed E-state index contributed by atoms with van der Waals surface area (Å²) in [5.41, 5.74) is 3.34. The Balaban J connectivity index is 1.51. The number of amides is 1. The van der Waals surface area contributed by atoms with Gasteiger partial charge in [0.05, 0.1) is 26.9 Å². The molecule has 1 amide bonds. The molecule has 0 unspecified atom stereocenters. The van der Waals surface area contributed by atoms with Gasteiger partial charge in [0.2, 0.25) is 17.7 Å². The molecule has 3 heterocycles. The zero-order chi connectivity index (χ0) is 21.1. The van der Waals surface area contributed by atoms with Crippen LogP contribution >= 0.6 is 0 Å². The quantitative estimate of drug-likeness (QED) is 0.742. The van der Waals surface area contributed by atoms with Crippen LogP contribution in [0, 0.1) is 6.92 Å². The van der Waals surface area contributed by atoms with Crippen LogP contribution in [-0.2, 0) is 27.2 Å². The van der Waals surface area contributed by atoms with Gasteiger partial charge in [-0.3, -0.25) is 9.59 Å². The highest BCUT2D eigenvalue weighted by molar-refractivity contribution is 6.03. The van der Waals surface area contributed by atoms with Crippen LogP contribution in [0.3, 0.4) is 0 Å². The summed E-state index contributed by atoms with van der Waals surface area (Å²) >= 11 is 0. The largest absolute Gasteiger partial charge is 0.481 e. The van der Waals surface area contributed by atoms with Gasteiger partial charge in [-0.1, -0.05) is 18.2 Å². The third-order valence-electron chi connectivity index (χ3n) is 5.55. The molecular weight excluding hydrogens is 384 g/mol. The number of carbonyl (C=O) groups excluding carboxylic acids is 2. The van der Waals surface area contributed by atoms with Gasteiger partial charge in [0.25, 0.3) is 0 Å². The Hall–Kier alpha value is -3.00. The minimum atomic E-state index is -0.0887. The van der Waals surface area contributed by atoms with Crippen molar-refractivity contribution in [2.45, 2.75) is 26.2 Å². The third kappa shape index (κ3) is 4.14. The number of aromatic nitrogens is 2. The minimum Gasteiger partial charge on any atom is -0.481 e. The number of methoxy groups -OCH3 is 1. The van der Waals surface area contributed by atoms with Crippen molar-refractivity contribution < 1.29 is 19.1 Å². The molecule has 0 N–H and O–H groups in total. The first-order valence-corrected chi connectivity index (χ1v) is 10.2. The van der Waals surface area contributed by atoms with Crippen LogP contribution < -0.4 is 14.5 Å². The van der Waals surface area contributed by atoms with Gasteiger partial charge in [-0.05, 0) is 25.0 Å². The Morgan fingerprint density at radius 1 is 1.20 bits per heavy atom. The van der Waals surface area contributed by atoms with Gasteiger partial charge in [0, 0.05) is 42.9 Å². The normalized spacial score (nSPS) is 16.4. The smallest absolute Gasteiger partial charge is 0.229 e. The van der Waals surface area contributed by atoms with Crippen molar-refractivity contribution in [2.24, 2.45) is 0 Å². The number of ketones is 1. The molecule has 1 saturated heterocycles. The molecule has 1 aromatic heterocycles. The van der Waals surface area contributed by atoms with E-state index in [1.165, 1.54) is 0 Å². The van der Waals surface area contributed by atoms with Gasteiger partial charge in [-0.15, -0.1) is 0 Å². The number of para-hydroxylation sites is 1. The fraction of sp³-hybridized carbons (Fsp3) is 0.455. The van der Waals surface area contributed by atoms with E-state index in [0.717, 1.165) is 35.6 Å². The number of Topliss-reactive ketones (excluding diaryl/α,β-unsaturated/α-hetero) is 1. The molecule has 8 nitrogen and oxygen atoms in total. The van der Waals surface area contributed by atoms with Crippen LogP contribution in [0.1, 0.15) is 23.2 Å². The highest BCUT2D eigenvalue weighted by Gasteiger charge is 2.27. The fourth-order valence-corrected chi connectivity index (χ4v) is 3.96. The molecule has 4 rings (SSSR count). The molecule has 8 heteroatoms. The lowest BCUT2D eigenvalue weighted by Gasteiger charge is -2.29. The van der Waals surface area contributed by atoms with Gasteiger partial charge < -0.3 is 19.3 Å². The first kappa shape index (κ1) is 20.3. The Morgan fingerprint density at radius 3 is 2.73 bits per heavy atom. The average Bonchev–Trinajstić information content (AvgIpc) is 2.77. The van der Waals surface area contributed by atoms with Crippen LogP contribution in [0.5, 0.6) is 5.88 Å². The summed E-state index contributed by atoms with van der Waals surface area (Å²) in [6, 6.07) is 7.58. The molecule has 0 saturated carbocycles. The number of anilines is 2. The third-order valence-corrected chi connectivity index (χ3v) is 5.55. The second-order valence-corrected chi connectivity index (χ2v) is 7.52. The molecule has 0 aliphatic carbocycles. The van der Waals surface area contributed by atoms with Crippen molar-refractivity contribution in [2.75, 3.05) is 49.8 Å². The number of benzene rings is 1. The molecule has 30 heavy (non-hydrogen) atoms. The Morgan fingerprint density at radius 2 is 1.97 bits per heavy atom. The number of hydrogen-bond acceptors (Lipinski definition) is 7. The first-order valence-electron chi connectivity index (χ1n) is 10.2. The van der Waals surface area contributed by atoms with Crippen LogP contribution in [-0.4, -0.2) is 61.6 Å². The van der Waals surface area contributed by atoms with Crippen molar-refractivity contribution in [3.63, 3.8) is 0 Å². The van der Waals surface area contributed by atoms with E-state index in [1.807, 2.05) is 31.2 Å². The Kier molecular flexibility index (Phi) is 5.94. The average molecular weight is 410 g/mol. The standard InChI is InChI=1S/C22H26N4O4/c1-15-18(21(29-2)24-22(23-15)25-9-11-30-12-10-25)7-8-20(28)26-14-17(27)13-16-5-3-4-6-19(16)26/h3-6H,7-14H2,1-2H3. The molecule has 0 spiro atoms. The fourth-order valence-electron chi connectivity index (χ4n) is 3.96. The molecule has 0 bridgehead atoms. The van der Waals surface area contributed by atoms with E-state index in [2.05, 4.69) is 14.9 Å². The predicted molar refractivity (Wildman–Crippen MR) is 112 cm³/mol. The molecule has 1 fully saturated rings. The summed E-state index contributed by atoms with van der Waals surface area (Å²) in [6.07, 6.45) is 1.08. The number of nitrogens with zero attached hydrogens (tertiary/aromatic N) is 4. The van der Waals surface area contributed by atoms with Gasteiger partial charge in [-0.2, -0.15) is 4.98 Å². The van der Waals surface area contributed by atoms with Gasteiger partial charge in [0.15, 0.2) is 5.78 Å². The second-order valence-electron chi connectivity index (χ2n) is 7.52. The Bertz CT molecular complexity index is 956. The molecular formula is C22H26N4O4. The lowest BCUT2D eigenvalue weighted by atomic mass is 10.00. The summed E-state index contributed by atoms with van der Waals surface area (Å²) < 4.78 is 10.9. The molecule has 2 aromatic rings. The summed E-state index contributed by atoms with van der Waals surface area (Å²) in [6.45, 7) is 4.81. The number of morpholine rings is 1. The maximum Gasteiger partial charge on any atom is 0.229 e. The van der Waals surface area contributed by atoms with Crippen LogP contribution in [0.4, 0.5) is 11.6 Å². The maximum absolute atomic E-state index is 13.0. The van der Waals surface area contributed by atoms with E-state index >= 15 is 0 Å².